The van der Waals surface area contributed by atoms with Crippen LogP contribution in [0.5, 0.6) is 11.5 Å². The van der Waals surface area contributed by atoms with E-state index < -0.39 is 18.5 Å². The van der Waals surface area contributed by atoms with Gasteiger partial charge in [-0.3, -0.25) is 4.79 Å². The minimum absolute atomic E-state index is 0.313. The van der Waals surface area contributed by atoms with Crippen LogP contribution in [0.2, 0.25) is 10.0 Å². The molecular formula is C21H18Cl2N2O5S. The van der Waals surface area contributed by atoms with Crippen molar-refractivity contribution in [1.29, 1.82) is 0 Å². The summed E-state index contributed by atoms with van der Waals surface area (Å²) in [6.07, 6.45) is 0. The number of benzene rings is 2. The number of thiazole rings is 1. The minimum atomic E-state index is -0.640. The van der Waals surface area contributed by atoms with E-state index in [0.717, 1.165) is 5.56 Å². The molecule has 3 rings (SSSR count). The lowest BCUT2D eigenvalue weighted by Crippen LogP contribution is -2.21. The Hall–Kier alpha value is -2.81. The van der Waals surface area contributed by atoms with Crippen LogP contribution in [0.15, 0.2) is 36.4 Å². The highest BCUT2D eigenvalue weighted by Crippen LogP contribution is 2.36. The number of carbonyl (C=O) groups excluding carboxylic acids is 2. The monoisotopic (exact) mass is 480 g/mol. The smallest absolute Gasteiger partial charge is 0.350 e. The highest BCUT2D eigenvalue weighted by molar-refractivity contribution is 7.17. The molecule has 0 aliphatic heterocycles. The molecule has 10 heteroatoms. The van der Waals surface area contributed by atoms with Crippen molar-refractivity contribution in [3.05, 3.63) is 57.0 Å². The van der Waals surface area contributed by atoms with Crippen molar-refractivity contribution in [2.45, 2.75) is 6.92 Å². The van der Waals surface area contributed by atoms with Crippen LogP contribution in [0.3, 0.4) is 0 Å². The second kappa shape index (κ2) is 10.00. The summed E-state index contributed by atoms with van der Waals surface area (Å²) in [5, 5.41) is 4.15. The van der Waals surface area contributed by atoms with Gasteiger partial charge in [0.05, 0.1) is 30.6 Å². The molecule has 0 bridgehead atoms. The van der Waals surface area contributed by atoms with Gasteiger partial charge in [0.25, 0.3) is 5.91 Å². The van der Waals surface area contributed by atoms with Crippen LogP contribution in [0.25, 0.3) is 10.6 Å². The molecule has 7 nitrogen and oxygen atoms in total. The lowest BCUT2D eigenvalue weighted by Gasteiger charge is -2.13. The highest BCUT2D eigenvalue weighted by Gasteiger charge is 2.20. The molecule has 1 amide bonds. The molecule has 162 valence electrons. The maximum Gasteiger partial charge on any atom is 0.350 e. The molecule has 0 saturated heterocycles. The van der Waals surface area contributed by atoms with Gasteiger partial charge in [0.1, 0.15) is 21.4 Å². The Labute approximate surface area is 192 Å². The Balaban J connectivity index is 1.67. The molecule has 2 aromatic carbocycles. The summed E-state index contributed by atoms with van der Waals surface area (Å²) < 4.78 is 15.5. The van der Waals surface area contributed by atoms with E-state index in [1.165, 1.54) is 37.7 Å². The van der Waals surface area contributed by atoms with E-state index in [1.54, 1.807) is 25.1 Å². The fraction of sp³-hybridized carbons (Fsp3) is 0.190. The van der Waals surface area contributed by atoms with Crippen LogP contribution in [0.1, 0.15) is 15.4 Å². The molecule has 0 unspecified atom stereocenters. The van der Waals surface area contributed by atoms with Crippen molar-refractivity contribution in [2.24, 2.45) is 0 Å². The molecule has 0 aliphatic carbocycles. The Morgan fingerprint density at radius 1 is 1.10 bits per heavy atom. The van der Waals surface area contributed by atoms with Gasteiger partial charge in [0, 0.05) is 22.7 Å². The molecular weight excluding hydrogens is 463 g/mol. The van der Waals surface area contributed by atoms with E-state index in [4.69, 9.17) is 37.4 Å². The first kappa shape index (κ1) is 22.9. The van der Waals surface area contributed by atoms with Gasteiger partial charge in [0.2, 0.25) is 0 Å². The fourth-order valence-corrected chi connectivity index (χ4v) is 4.05. The first-order valence-electron chi connectivity index (χ1n) is 8.94. The molecule has 0 saturated carbocycles. The van der Waals surface area contributed by atoms with Crippen molar-refractivity contribution >= 4 is 52.1 Å². The van der Waals surface area contributed by atoms with Gasteiger partial charge in [-0.15, -0.1) is 11.3 Å². The number of anilines is 1. The largest absolute Gasteiger partial charge is 0.495 e. The van der Waals surface area contributed by atoms with Crippen LogP contribution in [-0.2, 0) is 9.53 Å². The van der Waals surface area contributed by atoms with Gasteiger partial charge in [-0.2, -0.15) is 0 Å². The van der Waals surface area contributed by atoms with Crippen LogP contribution in [0.4, 0.5) is 5.69 Å². The number of methoxy groups -OCH3 is 2. The van der Waals surface area contributed by atoms with Crippen molar-refractivity contribution in [3.8, 4) is 22.1 Å². The van der Waals surface area contributed by atoms with Crippen LogP contribution < -0.4 is 14.8 Å². The Bertz CT molecular complexity index is 1130. The Morgan fingerprint density at radius 3 is 2.52 bits per heavy atom. The summed E-state index contributed by atoms with van der Waals surface area (Å²) in [4.78, 5) is 29.5. The predicted molar refractivity (Wildman–Crippen MR) is 121 cm³/mol. The normalized spacial score (nSPS) is 10.5. The molecule has 1 aromatic heterocycles. The quantitative estimate of drug-likeness (QED) is 0.465. The lowest BCUT2D eigenvalue weighted by atomic mass is 10.2. The molecule has 31 heavy (non-hydrogen) atoms. The van der Waals surface area contributed by atoms with Crippen molar-refractivity contribution in [1.82, 2.24) is 4.98 Å². The average molecular weight is 481 g/mol. The molecule has 0 atom stereocenters. The summed E-state index contributed by atoms with van der Waals surface area (Å²) in [5.74, 6) is -0.481. The SMILES string of the molecule is COc1cc(NC(=O)COC(=O)c2sc(-c3cccc(Cl)c3)nc2C)c(OC)cc1Cl. The third kappa shape index (κ3) is 5.46. The number of nitrogens with zero attached hydrogens (tertiary/aromatic N) is 1. The van der Waals surface area contributed by atoms with E-state index in [1.807, 2.05) is 6.07 Å². The number of aryl methyl sites for hydroxylation is 1. The molecule has 0 radical (unpaired) electrons. The number of hydrogen-bond donors (Lipinski definition) is 1. The Kier molecular flexibility index (Phi) is 7.37. The van der Waals surface area contributed by atoms with Crippen LogP contribution in [0, 0.1) is 6.92 Å². The van der Waals surface area contributed by atoms with E-state index in [-0.39, 0.29) is 0 Å². The summed E-state index contributed by atoms with van der Waals surface area (Å²) in [6, 6.07) is 10.2. The van der Waals surface area contributed by atoms with Gasteiger partial charge in [-0.25, -0.2) is 9.78 Å². The zero-order valence-corrected chi connectivity index (χ0v) is 19.2. The van der Waals surface area contributed by atoms with Gasteiger partial charge in [0.15, 0.2) is 6.61 Å². The third-order valence-corrected chi connectivity index (χ3v) is 5.85. The van der Waals surface area contributed by atoms with Crippen molar-refractivity contribution in [3.63, 3.8) is 0 Å². The maximum atomic E-state index is 12.5. The number of hydrogen-bond acceptors (Lipinski definition) is 7. The van der Waals surface area contributed by atoms with Gasteiger partial charge in [-0.1, -0.05) is 35.3 Å². The lowest BCUT2D eigenvalue weighted by molar-refractivity contribution is -0.119. The Morgan fingerprint density at radius 2 is 1.84 bits per heavy atom. The summed E-state index contributed by atoms with van der Waals surface area (Å²) in [5.41, 5.74) is 1.64. The van der Waals surface area contributed by atoms with E-state index in [0.29, 0.717) is 42.8 Å². The molecule has 1 N–H and O–H groups in total. The summed E-state index contributed by atoms with van der Waals surface area (Å²) in [7, 11) is 2.90. The average Bonchev–Trinajstić information content (AvgIpc) is 3.14. The minimum Gasteiger partial charge on any atom is -0.495 e. The number of carbonyl (C=O) groups is 2. The predicted octanol–water partition coefficient (Wildman–Crippen LogP) is 5.24. The van der Waals surface area contributed by atoms with E-state index in [2.05, 4.69) is 10.3 Å². The summed E-state index contributed by atoms with van der Waals surface area (Å²) >= 11 is 13.2. The zero-order valence-electron chi connectivity index (χ0n) is 16.8. The third-order valence-electron chi connectivity index (χ3n) is 4.14. The molecule has 0 spiro atoms. The fourth-order valence-electron chi connectivity index (χ4n) is 2.67. The molecule has 0 fully saturated rings. The highest BCUT2D eigenvalue weighted by atomic mass is 35.5. The number of halogens is 2. The first-order chi connectivity index (χ1) is 14.8. The molecule has 3 aromatic rings. The first-order valence-corrected chi connectivity index (χ1v) is 10.5. The second-order valence-corrected chi connectivity index (χ2v) is 8.10. The maximum absolute atomic E-state index is 12.5. The van der Waals surface area contributed by atoms with Crippen molar-refractivity contribution < 1.29 is 23.8 Å². The number of amides is 1. The van der Waals surface area contributed by atoms with Gasteiger partial charge in [-0.05, 0) is 19.1 Å². The number of ether oxygens (including phenoxy) is 3. The molecule has 0 aliphatic rings. The summed E-state index contributed by atoms with van der Waals surface area (Å²) in [6.45, 7) is 1.21. The topological polar surface area (TPSA) is 86.8 Å². The van der Waals surface area contributed by atoms with E-state index in [9.17, 15) is 9.59 Å². The van der Waals surface area contributed by atoms with Crippen LogP contribution in [-0.4, -0.2) is 37.7 Å². The van der Waals surface area contributed by atoms with Gasteiger partial charge < -0.3 is 19.5 Å². The number of aromatic nitrogens is 1. The zero-order chi connectivity index (χ0) is 22.5. The number of esters is 1. The van der Waals surface area contributed by atoms with Gasteiger partial charge >= 0.3 is 5.97 Å². The van der Waals surface area contributed by atoms with E-state index >= 15 is 0 Å². The van der Waals surface area contributed by atoms with Crippen molar-refractivity contribution in [2.75, 3.05) is 26.1 Å². The number of nitrogens with one attached hydrogen (secondary N) is 1. The molecule has 1 heterocycles. The second-order valence-electron chi connectivity index (χ2n) is 6.26. The standard InChI is InChI=1S/C21H18Cl2N2O5S/c1-11-19(31-20(24-11)12-5-4-6-13(22)7-12)21(27)30-10-18(26)25-15-9-16(28-2)14(23)8-17(15)29-3/h4-9H,10H2,1-3H3,(H,25,26). The van der Waals surface area contributed by atoms with Crippen LogP contribution >= 0.6 is 34.5 Å². The number of rotatable bonds is 7.